The van der Waals surface area contributed by atoms with Crippen LogP contribution in [0.3, 0.4) is 0 Å². The van der Waals surface area contributed by atoms with Crippen LogP contribution >= 0.6 is 0 Å². The Morgan fingerprint density at radius 1 is 0.952 bits per heavy atom. The van der Waals surface area contributed by atoms with E-state index in [0.29, 0.717) is 6.54 Å². The summed E-state index contributed by atoms with van der Waals surface area (Å²) in [6.07, 6.45) is 1.57. The average Bonchev–Trinajstić information content (AvgIpc) is 2.53. The fourth-order valence-electron chi connectivity index (χ4n) is 1.76. The van der Waals surface area contributed by atoms with Gasteiger partial charge in [0.05, 0.1) is 0 Å². The van der Waals surface area contributed by atoms with E-state index in [9.17, 15) is 8.42 Å². The van der Waals surface area contributed by atoms with Gasteiger partial charge in [0.1, 0.15) is 0 Å². The van der Waals surface area contributed by atoms with Gasteiger partial charge in [-0.25, -0.2) is 13.1 Å². The molecule has 110 valence electrons. The van der Waals surface area contributed by atoms with Crippen molar-refractivity contribution in [2.24, 2.45) is 5.73 Å². The van der Waals surface area contributed by atoms with Crippen LogP contribution < -0.4 is 10.5 Å². The summed E-state index contributed by atoms with van der Waals surface area (Å²) >= 11 is 0. The van der Waals surface area contributed by atoms with Crippen LogP contribution in [0.5, 0.6) is 0 Å². The van der Waals surface area contributed by atoms with Gasteiger partial charge in [0.2, 0.25) is 10.0 Å². The van der Waals surface area contributed by atoms with Crippen molar-refractivity contribution in [1.29, 1.82) is 0 Å². The van der Waals surface area contributed by atoms with E-state index in [-0.39, 0.29) is 6.54 Å². The van der Waals surface area contributed by atoms with Crippen molar-refractivity contribution >= 4 is 16.1 Å². The van der Waals surface area contributed by atoms with Crippen molar-refractivity contribution in [3.8, 4) is 0 Å². The topological polar surface area (TPSA) is 72.2 Å². The zero-order chi connectivity index (χ0) is 15.1. The van der Waals surface area contributed by atoms with Gasteiger partial charge in [0.25, 0.3) is 0 Å². The number of hydrogen-bond donors (Lipinski definition) is 2. The van der Waals surface area contributed by atoms with Crippen molar-refractivity contribution in [3.05, 3.63) is 76.7 Å². The zero-order valence-electron chi connectivity index (χ0n) is 11.6. The highest BCUT2D eigenvalue weighted by Gasteiger charge is 2.04. The molecule has 0 aromatic heterocycles. The molecule has 0 aliphatic rings. The molecule has 0 saturated carbocycles. The maximum atomic E-state index is 11.9. The van der Waals surface area contributed by atoms with Crippen molar-refractivity contribution < 1.29 is 8.42 Å². The molecule has 21 heavy (non-hydrogen) atoms. The molecule has 0 radical (unpaired) electrons. The fraction of sp³-hybridized carbons (Fsp3) is 0.125. The van der Waals surface area contributed by atoms with Crippen molar-refractivity contribution in [3.63, 3.8) is 0 Å². The summed E-state index contributed by atoms with van der Waals surface area (Å²) < 4.78 is 26.3. The lowest BCUT2D eigenvalue weighted by Gasteiger charge is -2.04. The van der Waals surface area contributed by atoms with Gasteiger partial charge in [-0.1, -0.05) is 54.6 Å². The van der Waals surface area contributed by atoms with Gasteiger partial charge in [-0.15, -0.1) is 0 Å². The van der Waals surface area contributed by atoms with E-state index >= 15 is 0 Å². The molecule has 0 spiro atoms. The number of sulfonamides is 1. The quantitative estimate of drug-likeness (QED) is 0.859. The molecule has 0 saturated heterocycles. The number of benzene rings is 2. The van der Waals surface area contributed by atoms with E-state index in [1.165, 1.54) is 5.41 Å². The molecule has 0 bridgehead atoms. The molecule has 3 N–H and O–H groups in total. The summed E-state index contributed by atoms with van der Waals surface area (Å²) in [6.45, 7) is 0.734. The Morgan fingerprint density at radius 2 is 1.57 bits per heavy atom. The predicted molar refractivity (Wildman–Crippen MR) is 85.6 cm³/mol. The molecule has 0 unspecified atom stereocenters. The monoisotopic (exact) mass is 302 g/mol. The third-order valence-electron chi connectivity index (χ3n) is 2.98. The van der Waals surface area contributed by atoms with Crippen LogP contribution in [0.25, 0.3) is 6.08 Å². The maximum absolute atomic E-state index is 11.9. The van der Waals surface area contributed by atoms with Crippen LogP contribution in [-0.4, -0.2) is 8.42 Å². The second-order valence-electron chi connectivity index (χ2n) is 4.60. The molecular weight excluding hydrogens is 284 g/mol. The smallest absolute Gasteiger partial charge is 0.234 e. The standard InChI is InChI=1S/C16H18N2O2S/c17-12-15-6-8-16(9-7-15)13-18-21(19,20)11-10-14-4-2-1-3-5-14/h1-11,18H,12-13,17H2/b11-10+. The van der Waals surface area contributed by atoms with Crippen LogP contribution in [0.2, 0.25) is 0 Å². The molecular formula is C16H18N2O2S. The van der Waals surface area contributed by atoms with E-state index in [4.69, 9.17) is 5.73 Å². The highest BCUT2D eigenvalue weighted by atomic mass is 32.2. The number of hydrogen-bond acceptors (Lipinski definition) is 3. The van der Waals surface area contributed by atoms with E-state index in [1.807, 2.05) is 54.6 Å². The molecule has 0 aliphatic heterocycles. The van der Waals surface area contributed by atoms with E-state index in [0.717, 1.165) is 16.7 Å². The van der Waals surface area contributed by atoms with Crippen molar-refractivity contribution in [2.75, 3.05) is 0 Å². The van der Waals surface area contributed by atoms with Gasteiger partial charge in [-0.2, -0.15) is 0 Å². The van der Waals surface area contributed by atoms with E-state index < -0.39 is 10.0 Å². The van der Waals surface area contributed by atoms with Crippen molar-refractivity contribution in [1.82, 2.24) is 4.72 Å². The van der Waals surface area contributed by atoms with E-state index in [1.54, 1.807) is 6.08 Å². The largest absolute Gasteiger partial charge is 0.326 e. The minimum atomic E-state index is -3.45. The Bertz CT molecular complexity index is 693. The molecule has 2 rings (SSSR count). The first-order chi connectivity index (χ1) is 10.1. The predicted octanol–water partition coefficient (Wildman–Crippen LogP) is 2.24. The van der Waals surface area contributed by atoms with Gasteiger partial charge in [0.15, 0.2) is 0 Å². The Hall–Kier alpha value is -1.95. The average molecular weight is 302 g/mol. The number of rotatable bonds is 6. The lowest BCUT2D eigenvalue weighted by molar-refractivity contribution is 0.591. The highest BCUT2D eigenvalue weighted by Crippen LogP contribution is 2.06. The highest BCUT2D eigenvalue weighted by molar-refractivity contribution is 7.92. The number of nitrogens with two attached hydrogens (primary N) is 1. The molecule has 5 heteroatoms. The minimum absolute atomic E-state index is 0.256. The normalized spacial score (nSPS) is 11.9. The molecule has 0 fully saturated rings. The van der Waals surface area contributed by atoms with Gasteiger partial charge in [-0.05, 0) is 22.8 Å². The SMILES string of the molecule is NCc1ccc(CNS(=O)(=O)/C=C/c2ccccc2)cc1. The van der Waals surface area contributed by atoms with Crippen LogP contribution in [0, 0.1) is 0 Å². The lowest BCUT2D eigenvalue weighted by Crippen LogP contribution is -2.20. The van der Waals surface area contributed by atoms with Crippen LogP contribution in [-0.2, 0) is 23.1 Å². The maximum Gasteiger partial charge on any atom is 0.234 e. The Balaban J connectivity index is 1.96. The minimum Gasteiger partial charge on any atom is -0.326 e. The van der Waals surface area contributed by atoms with Gasteiger partial charge < -0.3 is 5.73 Å². The van der Waals surface area contributed by atoms with Gasteiger partial charge in [-0.3, -0.25) is 0 Å². The first-order valence-electron chi connectivity index (χ1n) is 6.60. The Morgan fingerprint density at radius 3 is 2.19 bits per heavy atom. The summed E-state index contributed by atoms with van der Waals surface area (Å²) in [6, 6.07) is 16.8. The molecule has 2 aromatic carbocycles. The summed E-state index contributed by atoms with van der Waals surface area (Å²) in [7, 11) is -3.45. The molecule has 2 aromatic rings. The van der Waals surface area contributed by atoms with Crippen LogP contribution in [0.4, 0.5) is 0 Å². The zero-order valence-corrected chi connectivity index (χ0v) is 12.4. The Labute approximate surface area is 125 Å². The van der Waals surface area contributed by atoms with E-state index in [2.05, 4.69) is 4.72 Å². The second kappa shape index (κ2) is 7.17. The summed E-state index contributed by atoms with van der Waals surface area (Å²) in [5.74, 6) is 0. The summed E-state index contributed by atoms with van der Waals surface area (Å²) in [4.78, 5) is 0. The fourth-order valence-corrected chi connectivity index (χ4v) is 2.56. The van der Waals surface area contributed by atoms with Gasteiger partial charge in [0, 0.05) is 18.5 Å². The first kappa shape index (κ1) is 15.4. The van der Waals surface area contributed by atoms with Crippen LogP contribution in [0.1, 0.15) is 16.7 Å². The van der Waals surface area contributed by atoms with Crippen LogP contribution in [0.15, 0.2) is 60.0 Å². The molecule has 4 nitrogen and oxygen atoms in total. The molecule has 0 aliphatic carbocycles. The third-order valence-corrected chi connectivity index (χ3v) is 4.02. The Kier molecular flexibility index (Phi) is 5.27. The lowest BCUT2D eigenvalue weighted by atomic mass is 10.1. The third kappa shape index (κ3) is 5.15. The molecule has 0 atom stereocenters. The molecule has 0 heterocycles. The van der Waals surface area contributed by atoms with Crippen molar-refractivity contribution in [2.45, 2.75) is 13.1 Å². The first-order valence-corrected chi connectivity index (χ1v) is 8.14. The second-order valence-corrected chi connectivity index (χ2v) is 6.25. The number of nitrogens with one attached hydrogen (secondary N) is 1. The van der Waals surface area contributed by atoms with Gasteiger partial charge >= 0.3 is 0 Å². The summed E-state index contributed by atoms with van der Waals surface area (Å²) in [5, 5.41) is 1.18. The molecule has 0 amide bonds. The summed E-state index contributed by atoms with van der Waals surface area (Å²) in [5.41, 5.74) is 8.27.